The van der Waals surface area contributed by atoms with E-state index in [1.165, 1.54) is 25.7 Å². The van der Waals surface area contributed by atoms with Gasteiger partial charge in [-0.25, -0.2) is 4.98 Å². The van der Waals surface area contributed by atoms with E-state index in [0.717, 1.165) is 42.5 Å². The Bertz CT molecular complexity index is 1050. The van der Waals surface area contributed by atoms with Crippen LogP contribution in [-0.2, 0) is 16.0 Å². The molecule has 0 spiro atoms. The first kappa shape index (κ1) is 25.3. The maximum Gasteiger partial charge on any atom is 0.182 e. The van der Waals surface area contributed by atoms with Gasteiger partial charge in [0.2, 0.25) is 0 Å². The first-order valence-corrected chi connectivity index (χ1v) is 12.7. The van der Waals surface area contributed by atoms with Crippen molar-refractivity contribution in [1.29, 1.82) is 0 Å². The number of hydrogen-bond donors (Lipinski definition) is 0. The van der Waals surface area contributed by atoms with Gasteiger partial charge in [0.1, 0.15) is 12.4 Å². The van der Waals surface area contributed by atoms with Gasteiger partial charge in [0.05, 0.1) is 25.8 Å². The lowest BCUT2D eigenvalue weighted by molar-refractivity contribution is 0.138. The smallest absolute Gasteiger partial charge is 0.182 e. The van der Waals surface area contributed by atoms with Crippen LogP contribution in [0.2, 0.25) is 0 Å². The summed E-state index contributed by atoms with van der Waals surface area (Å²) in [5.41, 5.74) is 0.926. The first-order chi connectivity index (χ1) is 17.2. The molecule has 1 atom stereocenters. The van der Waals surface area contributed by atoms with E-state index in [2.05, 4.69) is 11.8 Å². The molecule has 9 heteroatoms. The fourth-order valence-electron chi connectivity index (χ4n) is 4.48. The number of unbranched alkanes of at least 4 members (excludes halogenated alkanes) is 1. The average molecular weight is 483 g/mol. The van der Waals surface area contributed by atoms with Gasteiger partial charge in [0.25, 0.3) is 0 Å². The number of hydrogen-bond acceptors (Lipinski definition) is 7. The lowest BCUT2D eigenvalue weighted by atomic mass is 10.0. The third-order valence-corrected chi connectivity index (χ3v) is 6.36. The average Bonchev–Trinajstić information content (AvgIpc) is 3.54. The van der Waals surface area contributed by atoms with Gasteiger partial charge < -0.3 is 14.2 Å². The Hall–Kier alpha value is -2.75. The van der Waals surface area contributed by atoms with Crippen molar-refractivity contribution in [3.8, 4) is 23.0 Å². The Kier molecular flexibility index (Phi) is 9.28. The molecule has 1 aromatic carbocycles. The highest BCUT2D eigenvalue weighted by Gasteiger charge is 2.30. The van der Waals surface area contributed by atoms with Crippen LogP contribution in [0.25, 0.3) is 17.2 Å². The number of benzene rings is 1. The van der Waals surface area contributed by atoms with E-state index >= 15 is 0 Å². The Morgan fingerprint density at radius 1 is 1.00 bits per heavy atom. The van der Waals surface area contributed by atoms with Gasteiger partial charge >= 0.3 is 0 Å². The van der Waals surface area contributed by atoms with Gasteiger partial charge in [-0.05, 0) is 44.5 Å². The van der Waals surface area contributed by atoms with E-state index in [1.807, 2.05) is 45.9 Å². The van der Waals surface area contributed by atoms with Crippen LogP contribution >= 0.6 is 0 Å². The number of nitrogens with zero attached hydrogens (tertiary/aromatic N) is 6. The fraction of sp³-hybridized carbons (Fsp3) is 0.577. The molecule has 0 N–H and O–H groups in total. The van der Waals surface area contributed by atoms with E-state index < -0.39 is 0 Å². The molecule has 1 aliphatic rings. The molecule has 4 rings (SSSR count). The molecule has 1 unspecified atom stereocenters. The molecular weight excluding hydrogens is 444 g/mol. The minimum atomic E-state index is 0.224. The highest BCUT2D eigenvalue weighted by atomic mass is 16.5. The molecule has 190 valence electrons. The lowest BCUT2D eigenvalue weighted by Gasteiger charge is -2.34. The van der Waals surface area contributed by atoms with Crippen LogP contribution in [0.1, 0.15) is 50.9 Å². The van der Waals surface area contributed by atoms with E-state index in [1.54, 1.807) is 14.2 Å². The lowest BCUT2D eigenvalue weighted by Crippen LogP contribution is -2.35. The Morgan fingerprint density at radius 3 is 2.71 bits per heavy atom. The molecule has 0 bridgehead atoms. The summed E-state index contributed by atoms with van der Waals surface area (Å²) < 4.78 is 20.0. The predicted molar refractivity (Wildman–Crippen MR) is 135 cm³/mol. The maximum atomic E-state index is 5.83. The summed E-state index contributed by atoms with van der Waals surface area (Å²) in [6, 6.07) is 10.2. The van der Waals surface area contributed by atoms with Gasteiger partial charge in [-0.2, -0.15) is 9.78 Å². The van der Waals surface area contributed by atoms with Crippen LogP contribution in [0.3, 0.4) is 0 Å². The SMILES string of the molecule is CCCCN1CCCCC1c1nc(-c2cccc(OCCOC)c2)nn1-c1ccn(CCOC)n1. The molecule has 0 aliphatic carbocycles. The maximum absolute atomic E-state index is 5.83. The van der Waals surface area contributed by atoms with Crippen molar-refractivity contribution in [3.05, 3.63) is 42.4 Å². The molecule has 0 saturated carbocycles. The Morgan fingerprint density at radius 2 is 1.89 bits per heavy atom. The molecular formula is C26H38N6O3. The van der Waals surface area contributed by atoms with Crippen LogP contribution in [0, 0.1) is 0 Å². The van der Waals surface area contributed by atoms with Crippen molar-refractivity contribution in [2.24, 2.45) is 0 Å². The summed E-state index contributed by atoms with van der Waals surface area (Å²) in [5.74, 6) is 3.20. The van der Waals surface area contributed by atoms with Gasteiger partial charge in [0.15, 0.2) is 17.5 Å². The molecule has 1 saturated heterocycles. The molecule has 3 aromatic rings. The van der Waals surface area contributed by atoms with Gasteiger partial charge in [-0.15, -0.1) is 5.10 Å². The normalized spacial score (nSPS) is 16.6. The molecule has 1 fully saturated rings. The summed E-state index contributed by atoms with van der Waals surface area (Å²) in [6.07, 6.45) is 7.84. The predicted octanol–water partition coefficient (Wildman–Crippen LogP) is 4.13. The molecule has 1 aliphatic heterocycles. The minimum absolute atomic E-state index is 0.224. The summed E-state index contributed by atoms with van der Waals surface area (Å²) in [4.78, 5) is 7.68. The highest BCUT2D eigenvalue weighted by Crippen LogP contribution is 2.33. The highest BCUT2D eigenvalue weighted by molar-refractivity contribution is 5.57. The Balaban J connectivity index is 1.69. The fourth-order valence-corrected chi connectivity index (χ4v) is 4.48. The van der Waals surface area contributed by atoms with Crippen LogP contribution in [0.5, 0.6) is 5.75 Å². The zero-order chi connectivity index (χ0) is 24.5. The van der Waals surface area contributed by atoms with Crippen molar-refractivity contribution >= 4 is 0 Å². The molecule has 3 heterocycles. The second-order valence-corrected chi connectivity index (χ2v) is 8.91. The zero-order valence-electron chi connectivity index (χ0n) is 21.2. The molecule has 0 amide bonds. The number of likely N-dealkylation sites (tertiary alicyclic amines) is 1. The number of rotatable bonds is 13. The molecule has 0 radical (unpaired) electrons. The number of piperidine rings is 1. The monoisotopic (exact) mass is 482 g/mol. The van der Waals surface area contributed by atoms with Gasteiger partial charge in [-0.3, -0.25) is 9.58 Å². The third kappa shape index (κ3) is 6.48. The Labute approximate surface area is 208 Å². The number of methoxy groups -OCH3 is 2. The molecule has 35 heavy (non-hydrogen) atoms. The second kappa shape index (κ2) is 12.8. The quantitative estimate of drug-likeness (QED) is 0.339. The van der Waals surface area contributed by atoms with Crippen molar-refractivity contribution in [3.63, 3.8) is 0 Å². The van der Waals surface area contributed by atoms with Gasteiger partial charge in [0, 0.05) is 32.0 Å². The number of aromatic nitrogens is 5. The van der Waals surface area contributed by atoms with Crippen LogP contribution < -0.4 is 4.74 Å². The van der Waals surface area contributed by atoms with Crippen molar-refractivity contribution in [2.75, 3.05) is 47.1 Å². The van der Waals surface area contributed by atoms with Gasteiger partial charge in [-0.1, -0.05) is 31.9 Å². The van der Waals surface area contributed by atoms with E-state index in [9.17, 15) is 0 Å². The van der Waals surface area contributed by atoms with E-state index in [4.69, 9.17) is 29.4 Å². The minimum Gasteiger partial charge on any atom is -0.491 e. The van der Waals surface area contributed by atoms with E-state index in [0.29, 0.717) is 32.2 Å². The van der Waals surface area contributed by atoms with Crippen molar-refractivity contribution < 1.29 is 14.2 Å². The summed E-state index contributed by atoms with van der Waals surface area (Å²) >= 11 is 0. The topological polar surface area (TPSA) is 79.5 Å². The van der Waals surface area contributed by atoms with Crippen molar-refractivity contribution in [1.82, 2.24) is 29.4 Å². The zero-order valence-corrected chi connectivity index (χ0v) is 21.2. The molecule has 2 aromatic heterocycles. The summed E-state index contributed by atoms with van der Waals surface area (Å²) in [6.45, 7) is 6.77. The largest absolute Gasteiger partial charge is 0.491 e. The third-order valence-electron chi connectivity index (χ3n) is 6.36. The van der Waals surface area contributed by atoms with Crippen LogP contribution in [0.4, 0.5) is 0 Å². The second-order valence-electron chi connectivity index (χ2n) is 8.91. The summed E-state index contributed by atoms with van der Waals surface area (Å²) in [5, 5.41) is 9.74. The first-order valence-electron chi connectivity index (χ1n) is 12.7. The standard InChI is InChI=1S/C26H38N6O3/c1-4-5-13-30-14-7-6-11-23(30)26-27-25(21-9-8-10-22(20-21)35-19-18-34-3)29-32(26)24-12-15-31(28-24)16-17-33-2/h8-10,12,15,20,23H,4-7,11,13-14,16-19H2,1-3H3. The number of ether oxygens (including phenoxy) is 3. The summed E-state index contributed by atoms with van der Waals surface area (Å²) in [7, 11) is 3.37. The van der Waals surface area contributed by atoms with Crippen LogP contribution in [-0.4, -0.2) is 76.6 Å². The molecule has 9 nitrogen and oxygen atoms in total. The van der Waals surface area contributed by atoms with Crippen molar-refractivity contribution in [2.45, 2.75) is 51.6 Å². The van der Waals surface area contributed by atoms with Crippen LogP contribution in [0.15, 0.2) is 36.5 Å². The van der Waals surface area contributed by atoms with E-state index in [-0.39, 0.29) is 6.04 Å².